The first-order chi connectivity index (χ1) is 7.54. The van der Waals surface area contributed by atoms with Crippen molar-refractivity contribution < 1.29 is 5.11 Å². The van der Waals surface area contributed by atoms with Crippen LogP contribution in [0, 0.1) is 5.92 Å². The second-order valence-electron chi connectivity index (χ2n) is 5.33. The van der Waals surface area contributed by atoms with Gasteiger partial charge in [-0.25, -0.2) is 0 Å². The highest BCUT2D eigenvalue weighted by atomic mass is 16.3. The van der Waals surface area contributed by atoms with Crippen LogP contribution in [0.3, 0.4) is 0 Å². The zero-order valence-corrected chi connectivity index (χ0v) is 10.4. The van der Waals surface area contributed by atoms with Gasteiger partial charge < -0.3 is 10.4 Å². The molecule has 1 aromatic carbocycles. The number of phenolic OH excluding ortho intramolecular Hbond substituents is 1. The summed E-state index contributed by atoms with van der Waals surface area (Å²) in [4.78, 5) is 0. The van der Waals surface area contributed by atoms with Gasteiger partial charge in [0.1, 0.15) is 5.75 Å². The Balaban J connectivity index is 2.25. The molecular formula is C14H21NO. The molecule has 2 N–H and O–H groups in total. The molecule has 0 spiro atoms. The van der Waals surface area contributed by atoms with E-state index in [4.69, 9.17) is 0 Å². The molecule has 0 aromatic heterocycles. The summed E-state index contributed by atoms with van der Waals surface area (Å²) in [7, 11) is 2.03. The number of nitrogens with one attached hydrogen (secondary N) is 1. The van der Waals surface area contributed by atoms with Gasteiger partial charge in [0, 0.05) is 5.54 Å². The van der Waals surface area contributed by atoms with E-state index in [0.717, 1.165) is 24.8 Å². The average Bonchev–Trinajstić information content (AvgIpc) is 2.29. The van der Waals surface area contributed by atoms with Crippen LogP contribution in [-0.4, -0.2) is 17.7 Å². The lowest BCUT2D eigenvalue weighted by atomic mass is 9.74. The Kier molecular flexibility index (Phi) is 2.94. The number of phenols is 1. The highest BCUT2D eigenvalue weighted by Crippen LogP contribution is 2.35. The molecule has 2 heteroatoms. The molecule has 16 heavy (non-hydrogen) atoms. The molecule has 1 aromatic rings. The predicted molar refractivity (Wildman–Crippen MR) is 66.8 cm³/mol. The molecule has 2 rings (SSSR count). The Morgan fingerprint density at radius 2 is 2.12 bits per heavy atom. The number of rotatable bonds is 2. The van der Waals surface area contributed by atoms with E-state index in [0.29, 0.717) is 11.7 Å². The Hall–Kier alpha value is -1.02. The molecule has 1 atom stereocenters. The molecule has 0 bridgehead atoms. The zero-order valence-electron chi connectivity index (χ0n) is 10.4. The smallest absolute Gasteiger partial charge is 0.119 e. The van der Waals surface area contributed by atoms with Gasteiger partial charge in [-0.05, 0) is 63.3 Å². The van der Waals surface area contributed by atoms with E-state index < -0.39 is 0 Å². The molecule has 1 unspecified atom stereocenters. The number of fused-ring (bicyclic) bond motifs is 1. The van der Waals surface area contributed by atoms with E-state index in [2.05, 4.69) is 25.2 Å². The lowest BCUT2D eigenvalue weighted by Gasteiger charge is -2.37. The molecule has 0 radical (unpaired) electrons. The molecule has 2 nitrogen and oxygen atoms in total. The average molecular weight is 219 g/mol. The Morgan fingerprint density at radius 1 is 1.38 bits per heavy atom. The molecule has 1 aliphatic carbocycles. The van der Waals surface area contributed by atoms with Crippen LogP contribution in [0.25, 0.3) is 0 Å². The Bertz CT molecular complexity index is 384. The first-order valence-electron chi connectivity index (χ1n) is 6.03. The van der Waals surface area contributed by atoms with Gasteiger partial charge in [-0.1, -0.05) is 12.1 Å². The fourth-order valence-corrected chi connectivity index (χ4v) is 2.61. The molecule has 1 aliphatic rings. The molecule has 0 saturated heterocycles. The first-order valence-corrected chi connectivity index (χ1v) is 6.03. The van der Waals surface area contributed by atoms with Crippen LogP contribution in [0.4, 0.5) is 0 Å². The maximum Gasteiger partial charge on any atom is 0.119 e. The summed E-state index contributed by atoms with van der Waals surface area (Å²) >= 11 is 0. The fourth-order valence-electron chi connectivity index (χ4n) is 2.61. The highest BCUT2D eigenvalue weighted by Gasteiger charge is 2.31. The topological polar surface area (TPSA) is 32.3 Å². The molecule has 0 saturated carbocycles. The quantitative estimate of drug-likeness (QED) is 0.801. The Labute approximate surface area is 97.7 Å². The lowest BCUT2D eigenvalue weighted by Crippen LogP contribution is -2.46. The molecular weight excluding hydrogens is 198 g/mol. The van der Waals surface area contributed by atoms with E-state index in [1.165, 1.54) is 5.56 Å². The minimum absolute atomic E-state index is 0.170. The van der Waals surface area contributed by atoms with Crippen molar-refractivity contribution in [3.05, 3.63) is 29.3 Å². The standard InChI is InChI=1S/C14H21NO/c1-14(2,15-3)11-7-8-12-10(9-11)5-4-6-13(12)16/h4-6,11,15-16H,7-9H2,1-3H3. The summed E-state index contributed by atoms with van der Waals surface area (Å²) in [5, 5.41) is 13.2. The number of hydrogen-bond donors (Lipinski definition) is 2. The summed E-state index contributed by atoms with van der Waals surface area (Å²) in [6.45, 7) is 4.51. The largest absolute Gasteiger partial charge is 0.508 e. The third-order valence-electron chi connectivity index (χ3n) is 4.12. The van der Waals surface area contributed by atoms with Crippen LogP contribution in [0.2, 0.25) is 0 Å². The summed E-state index contributed by atoms with van der Waals surface area (Å²) in [5.41, 5.74) is 2.65. The van der Waals surface area contributed by atoms with Crippen molar-refractivity contribution in [3.8, 4) is 5.75 Å². The molecule has 0 aliphatic heterocycles. The SMILES string of the molecule is CNC(C)(C)C1CCc2c(O)cccc2C1. The Morgan fingerprint density at radius 3 is 2.81 bits per heavy atom. The van der Waals surface area contributed by atoms with Crippen LogP contribution in [-0.2, 0) is 12.8 Å². The maximum absolute atomic E-state index is 9.79. The van der Waals surface area contributed by atoms with Gasteiger partial charge in [0.25, 0.3) is 0 Å². The van der Waals surface area contributed by atoms with E-state index in [-0.39, 0.29) is 5.54 Å². The van der Waals surface area contributed by atoms with Crippen molar-refractivity contribution in [1.82, 2.24) is 5.32 Å². The van der Waals surface area contributed by atoms with Gasteiger partial charge in [-0.2, -0.15) is 0 Å². The van der Waals surface area contributed by atoms with Crippen molar-refractivity contribution in [3.63, 3.8) is 0 Å². The van der Waals surface area contributed by atoms with E-state index in [1.807, 2.05) is 13.1 Å². The second-order valence-corrected chi connectivity index (χ2v) is 5.33. The van der Waals surface area contributed by atoms with Crippen LogP contribution >= 0.6 is 0 Å². The predicted octanol–water partition coefficient (Wildman–Crippen LogP) is 2.50. The van der Waals surface area contributed by atoms with Crippen molar-refractivity contribution in [1.29, 1.82) is 0 Å². The van der Waals surface area contributed by atoms with E-state index >= 15 is 0 Å². The van der Waals surface area contributed by atoms with Crippen molar-refractivity contribution in [2.75, 3.05) is 7.05 Å². The van der Waals surface area contributed by atoms with Gasteiger partial charge in [0.15, 0.2) is 0 Å². The third kappa shape index (κ3) is 1.94. The zero-order chi connectivity index (χ0) is 11.8. The number of hydrogen-bond acceptors (Lipinski definition) is 2. The third-order valence-corrected chi connectivity index (χ3v) is 4.12. The number of benzene rings is 1. The lowest BCUT2D eigenvalue weighted by molar-refractivity contribution is 0.242. The van der Waals surface area contributed by atoms with Crippen LogP contribution in [0.5, 0.6) is 5.75 Å². The first kappa shape index (κ1) is 11.5. The molecule has 0 heterocycles. The van der Waals surface area contributed by atoms with Crippen molar-refractivity contribution in [2.24, 2.45) is 5.92 Å². The van der Waals surface area contributed by atoms with Crippen molar-refractivity contribution >= 4 is 0 Å². The van der Waals surface area contributed by atoms with Gasteiger partial charge in [0.05, 0.1) is 0 Å². The van der Waals surface area contributed by atoms with Gasteiger partial charge >= 0.3 is 0 Å². The summed E-state index contributed by atoms with van der Waals surface area (Å²) in [5.74, 6) is 1.12. The van der Waals surface area contributed by atoms with E-state index in [1.54, 1.807) is 6.07 Å². The van der Waals surface area contributed by atoms with Crippen LogP contribution in [0.1, 0.15) is 31.4 Å². The monoisotopic (exact) mass is 219 g/mol. The normalized spacial score (nSPS) is 20.6. The summed E-state index contributed by atoms with van der Waals surface area (Å²) < 4.78 is 0. The minimum Gasteiger partial charge on any atom is -0.508 e. The van der Waals surface area contributed by atoms with Gasteiger partial charge in [0.2, 0.25) is 0 Å². The molecule has 0 fully saturated rings. The highest BCUT2D eigenvalue weighted by molar-refractivity contribution is 5.41. The molecule has 88 valence electrons. The van der Waals surface area contributed by atoms with Crippen LogP contribution < -0.4 is 5.32 Å². The fraction of sp³-hybridized carbons (Fsp3) is 0.571. The molecule has 0 amide bonds. The van der Waals surface area contributed by atoms with Crippen LogP contribution in [0.15, 0.2) is 18.2 Å². The maximum atomic E-state index is 9.79. The van der Waals surface area contributed by atoms with Gasteiger partial charge in [-0.15, -0.1) is 0 Å². The summed E-state index contributed by atoms with van der Waals surface area (Å²) in [6.07, 6.45) is 3.22. The second kappa shape index (κ2) is 4.10. The minimum atomic E-state index is 0.170. The van der Waals surface area contributed by atoms with Crippen molar-refractivity contribution in [2.45, 2.75) is 38.6 Å². The number of aromatic hydroxyl groups is 1. The van der Waals surface area contributed by atoms with Gasteiger partial charge in [-0.3, -0.25) is 0 Å². The summed E-state index contributed by atoms with van der Waals surface area (Å²) in [6, 6.07) is 5.89. The van der Waals surface area contributed by atoms with E-state index in [9.17, 15) is 5.11 Å².